The van der Waals surface area contributed by atoms with Gasteiger partial charge in [-0.2, -0.15) is 0 Å². The van der Waals surface area contributed by atoms with E-state index in [1.165, 1.54) is 6.07 Å². The van der Waals surface area contributed by atoms with E-state index in [1.807, 2.05) is 0 Å². The molecular formula is C21H21FN2O3. The Balaban J connectivity index is 1.57. The number of fused-ring (bicyclic) bond motifs is 1. The quantitative estimate of drug-likeness (QED) is 0.723. The molecule has 0 radical (unpaired) electrons. The second-order valence-corrected chi connectivity index (χ2v) is 6.73. The molecule has 6 heteroatoms. The molecule has 1 atom stereocenters. The van der Waals surface area contributed by atoms with E-state index in [4.69, 9.17) is 9.15 Å². The highest BCUT2D eigenvalue weighted by Crippen LogP contribution is 2.29. The van der Waals surface area contributed by atoms with Crippen LogP contribution in [0.2, 0.25) is 0 Å². The molecule has 1 saturated heterocycles. The normalized spacial score (nSPS) is 16.6. The predicted octanol–water partition coefficient (Wildman–Crippen LogP) is 3.55. The molecule has 1 fully saturated rings. The third-order valence-electron chi connectivity index (χ3n) is 4.81. The summed E-state index contributed by atoms with van der Waals surface area (Å²) in [6.45, 7) is 3.58. The summed E-state index contributed by atoms with van der Waals surface area (Å²) in [4.78, 5) is 12.7. The number of carbonyl (C=O) groups is 1. The van der Waals surface area contributed by atoms with Crippen LogP contribution in [-0.4, -0.2) is 25.0 Å². The zero-order valence-corrected chi connectivity index (χ0v) is 15.0. The summed E-state index contributed by atoms with van der Waals surface area (Å²) in [5.74, 6) is 0.678. The van der Waals surface area contributed by atoms with Crippen LogP contribution in [0.4, 0.5) is 4.39 Å². The van der Waals surface area contributed by atoms with Crippen molar-refractivity contribution in [1.82, 2.24) is 10.6 Å². The number of nitrogens with one attached hydrogen (secondary N) is 2. The number of hydrogen-bond donors (Lipinski definition) is 2. The van der Waals surface area contributed by atoms with E-state index in [1.54, 1.807) is 43.3 Å². The molecule has 0 aliphatic carbocycles. The Labute approximate surface area is 156 Å². The van der Waals surface area contributed by atoms with Crippen molar-refractivity contribution in [2.24, 2.45) is 0 Å². The SMILES string of the molecule is Cc1oc2ccc(OCc3ccccc3F)cc2c1C(=O)NC1CCNC1. The number of rotatable bonds is 5. The van der Waals surface area contributed by atoms with Crippen LogP contribution in [0.5, 0.6) is 5.75 Å². The predicted molar refractivity (Wildman–Crippen MR) is 100 cm³/mol. The first-order valence-corrected chi connectivity index (χ1v) is 9.03. The molecule has 5 nitrogen and oxygen atoms in total. The van der Waals surface area contributed by atoms with Crippen molar-refractivity contribution in [2.75, 3.05) is 13.1 Å². The molecule has 1 amide bonds. The Kier molecular flexibility index (Phi) is 4.81. The number of aryl methyl sites for hydroxylation is 1. The smallest absolute Gasteiger partial charge is 0.255 e. The molecule has 3 aromatic rings. The zero-order valence-electron chi connectivity index (χ0n) is 15.0. The van der Waals surface area contributed by atoms with Gasteiger partial charge in [-0.1, -0.05) is 18.2 Å². The van der Waals surface area contributed by atoms with Gasteiger partial charge in [-0.3, -0.25) is 4.79 Å². The summed E-state index contributed by atoms with van der Waals surface area (Å²) >= 11 is 0. The summed E-state index contributed by atoms with van der Waals surface area (Å²) in [7, 11) is 0. The molecule has 4 rings (SSSR count). The van der Waals surface area contributed by atoms with Gasteiger partial charge in [-0.05, 0) is 44.2 Å². The monoisotopic (exact) mass is 368 g/mol. The fraction of sp³-hybridized carbons (Fsp3) is 0.286. The topological polar surface area (TPSA) is 63.5 Å². The lowest BCUT2D eigenvalue weighted by molar-refractivity contribution is 0.0940. The minimum absolute atomic E-state index is 0.115. The third kappa shape index (κ3) is 3.66. The van der Waals surface area contributed by atoms with Crippen molar-refractivity contribution < 1.29 is 18.3 Å². The van der Waals surface area contributed by atoms with Crippen LogP contribution in [0.25, 0.3) is 11.0 Å². The minimum Gasteiger partial charge on any atom is -0.489 e. The minimum atomic E-state index is -0.303. The summed E-state index contributed by atoms with van der Waals surface area (Å²) < 4.78 is 25.2. The first-order chi connectivity index (χ1) is 13.1. The third-order valence-corrected chi connectivity index (χ3v) is 4.81. The lowest BCUT2D eigenvalue weighted by Crippen LogP contribution is -2.36. The molecule has 2 N–H and O–H groups in total. The van der Waals surface area contributed by atoms with Crippen LogP contribution in [0.1, 0.15) is 28.1 Å². The summed E-state index contributed by atoms with van der Waals surface area (Å²) in [6.07, 6.45) is 0.914. The molecule has 1 aliphatic heterocycles. The van der Waals surface area contributed by atoms with Gasteiger partial charge in [0.25, 0.3) is 5.91 Å². The molecule has 0 bridgehead atoms. The number of ether oxygens (including phenoxy) is 1. The molecule has 0 saturated carbocycles. The maximum atomic E-state index is 13.8. The number of carbonyl (C=O) groups excluding carboxylic acids is 1. The molecule has 2 heterocycles. The first kappa shape index (κ1) is 17.5. The van der Waals surface area contributed by atoms with Gasteiger partial charge in [0.2, 0.25) is 0 Å². The van der Waals surface area contributed by atoms with Crippen LogP contribution >= 0.6 is 0 Å². The lowest BCUT2D eigenvalue weighted by atomic mass is 10.1. The Morgan fingerprint density at radius 3 is 2.96 bits per heavy atom. The Bertz CT molecular complexity index is 977. The van der Waals surface area contributed by atoms with E-state index >= 15 is 0 Å². The number of furan rings is 1. The summed E-state index contributed by atoms with van der Waals surface area (Å²) in [5, 5.41) is 6.98. The molecule has 2 aromatic carbocycles. The molecule has 27 heavy (non-hydrogen) atoms. The second kappa shape index (κ2) is 7.40. The maximum Gasteiger partial charge on any atom is 0.255 e. The van der Waals surface area contributed by atoms with Crippen LogP contribution in [-0.2, 0) is 6.61 Å². The number of benzene rings is 2. The highest BCUT2D eigenvalue weighted by atomic mass is 19.1. The Morgan fingerprint density at radius 1 is 1.33 bits per heavy atom. The Hall–Kier alpha value is -2.86. The van der Waals surface area contributed by atoms with Gasteiger partial charge in [0.05, 0.1) is 5.56 Å². The molecule has 0 spiro atoms. The maximum absolute atomic E-state index is 13.8. The number of halogens is 1. The molecule has 140 valence electrons. The van der Waals surface area contributed by atoms with E-state index in [0.29, 0.717) is 33.6 Å². The standard InChI is InChI=1S/C21H21FN2O3/c1-13-20(21(25)24-15-8-9-23-11-15)17-10-16(6-7-19(17)27-13)26-12-14-4-2-3-5-18(14)22/h2-7,10,15,23H,8-9,11-12H2,1H3,(H,24,25). The van der Waals surface area contributed by atoms with Crippen LogP contribution in [0.3, 0.4) is 0 Å². The van der Waals surface area contributed by atoms with Crippen molar-refractivity contribution in [3.8, 4) is 5.75 Å². The average molecular weight is 368 g/mol. The summed E-state index contributed by atoms with van der Waals surface area (Å²) in [6, 6.07) is 11.9. The number of hydrogen-bond acceptors (Lipinski definition) is 4. The first-order valence-electron chi connectivity index (χ1n) is 9.03. The van der Waals surface area contributed by atoms with Gasteiger partial charge in [-0.15, -0.1) is 0 Å². The van der Waals surface area contributed by atoms with Crippen molar-refractivity contribution >= 4 is 16.9 Å². The van der Waals surface area contributed by atoms with Crippen LogP contribution in [0.15, 0.2) is 46.9 Å². The van der Waals surface area contributed by atoms with E-state index in [0.717, 1.165) is 19.5 Å². The fourth-order valence-corrected chi connectivity index (χ4v) is 3.38. The molecule has 1 aliphatic rings. The van der Waals surface area contributed by atoms with Crippen LogP contribution in [0, 0.1) is 12.7 Å². The van der Waals surface area contributed by atoms with Gasteiger partial charge in [0.15, 0.2) is 0 Å². The fourth-order valence-electron chi connectivity index (χ4n) is 3.38. The van der Waals surface area contributed by atoms with Crippen molar-refractivity contribution in [1.29, 1.82) is 0 Å². The van der Waals surface area contributed by atoms with E-state index < -0.39 is 0 Å². The molecule has 1 unspecified atom stereocenters. The van der Waals surface area contributed by atoms with Crippen molar-refractivity contribution in [2.45, 2.75) is 26.0 Å². The lowest BCUT2D eigenvalue weighted by Gasteiger charge is -2.11. The van der Waals surface area contributed by atoms with Crippen molar-refractivity contribution in [3.05, 3.63) is 65.2 Å². The second-order valence-electron chi connectivity index (χ2n) is 6.73. The Morgan fingerprint density at radius 2 is 2.19 bits per heavy atom. The number of amides is 1. The molecule has 1 aromatic heterocycles. The largest absolute Gasteiger partial charge is 0.489 e. The van der Waals surface area contributed by atoms with Gasteiger partial charge in [-0.25, -0.2) is 4.39 Å². The van der Waals surface area contributed by atoms with Gasteiger partial charge in [0, 0.05) is 23.5 Å². The highest BCUT2D eigenvalue weighted by Gasteiger charge is 2.23. The van der Waals surface area contributed by atoms with Gasteiger partial charge in [0.1, 0.15) is 29.5 Å². The van der Waals surface area contributed by atoms with Crippen molar-refractivity contribution in [3.63, 3.8) is 0 Å². The van der Waals surface area contributed by atoms with E-state index in [2.05, 4.69) is 10.6 Å². The highest BCUT2D eigenvalue weighted by molar-refractivity contribution is 6.07. The van der Waals surface area contributed by atoms with Gasteiger partial charge < -0.3 is 19.8 Å². The molecular weight excluding hydrogens is 347 g/mol. The van der Waals surface area contributed by atoms with Gasteiger partial charge >= 0.3 is 0 Å². The van der Waals surface area contributed by atoms with E-state index in [-0.39, 0.29) is 24.4 Å². The zero-order chi connectivity index (χ0) is 18.8. The van der Waals surface area contributed by atoms with Crippen LogP contribution < -0.4 is 15.4 Å². The van der Waals surface area contributed by atoms with E-state index in [9.17, 15) is 9.18 Å². The average Bonchev–Trinajstić information content (AvgIpc) is 3.27. The summed E-state index contributed by atoms with van der Waals surface area (Å²) in [5.41, 5.74) is 1.63.